The molecular formula is C21H31N3O3. The van der Waals surface area contributed by atoms with Gasteiger partial charge in [0.15, 0.2) is 0 Å². The molecule has 6 nitrogen and oxygen atoms in total. The maximum absolute atomic E-state index is 11.6. The van der Waals surface area contributed by atoms with Crippen LogP contribution >= 0.6 is 0 Å². The smallest absolute Gasteiger partial charge is 0.407 e. The van der Waals surface area contributed by atoms with Crippen molar-refractivity contribution in [3.05, 3.63) is 41.3 Å². The van der Waals surface area contributed by atoms with Crippen molar-refractivity contribution in [2.45, 2.75) is 59.6 Å². The van der Waals surface area contributed by atoms with Gasteiger partial charge in [-0.3, -0.25) is 0 Å². The molecule has 0 atom stereocenters. The van der Waals surface area contributed by atoms with E-state index in [4.69, 9.17) is 9.15 Å². The number of alkyl carbamates (subject to hydrolysis) is 1. The number of oxazole rings is 1. The van der Waals surface area contributed by atoms with Gasteiger partial charge in [-0.1, -0.05) is 25.1 Å². The first-order valence-electron chi connectivity index (χ1n) is 9.52. The molecule has 2 N–H and O–H groups in total. The number of ether oxygens (including phenoxy) is 1. The van der Waals surface area contributed by atoms with Crippen LogP contribution in [0.3, 0.4) is 0 Å². The van der Waals surface area contributed by atoms with Crippen molar-refractivity contribution in [3.63, 3.8) is 0 Å². The molecule has 0 aliphatic carbocycles. The normalized spacial score (nSPS) is 11.4. The third-order valence-corrected chi connectivity index (χ3v) is 4.01. The Morgan fingerprint density at radius 1 is 1.22 bits per heavy atom. The Kier molecular flexibility index (Phi) is 7.42. The van der Waals surface area contributed by atoms with Crippen LogP contribution in [-0.4, -0.2) is 29.8 Å². The fourth-order valence-corrected chi connectivity index (χ4v) is 2.67. The minimum absolute atomic E-state index is 0.380. The largest absolute Gasteiger partial charge is 0.444 e. The number of amides is 1. The Hall–Kier alpha value is -2.34. The van der Waals surface area contributed by atoms with Crippen molar-refractivity contribution < 1.29 is 13.9 Å². The molecule has 0 radical (unpaired) electrons. The lowest BCUT2D eigenvalue weighted by atomic mass is 10.1. The highest BCUT2D eigenvalue weighted by Gasteiger charge is 2.15. The van der Waals surface area contributed by atoms with Gasteiger partial charge >= 0.3 is 6.09 Å². The van der Waals surface area contributed by atoms with Gasteiger partial charge in [0.25, 0.3) is 0 Å². The summed E-state index contributed by atoms with van der Waals surface area (Å²) in [4.78, 5) is 16.2. The van der Waals surface area contributed by atoms with Gasteiger partial charge in [-0.05, 0) is 58.7 Å². The van der Waals surface area contributed by atoms with Crippen LogP contribution in [0.5, 0.6) is 0 Å². The van der Waals surface area contributed by atoms with Crippen LogP contribution in [0.25, 0.3) is 11.5 Å². The summed E-state index contributed by atoms with van der Waals surface area (Å²) >= 11 is 0. The van der Waals surface area contributed by atoms with Crippen LogP contribution < -0.4 is 10.6 Å². The molecule has 27 heavy (non-hydrogen) atoms. The molecule has 0 bridgehead atoms. The van der Waals surface area contributed by atoms with Crippen LogP contribution in [0.15, 0.2) is 28.7 Å². The van der Waals surface area contributed by atoms with Crippen molar-refractivity contribution in [1.29, 1.82) is 0 Å². The topological polar surface area (TPSA) is 76.4 Å². The monoisotopic (exact) mass is 373 g/mol. The van der Waals surface area contributed by atoms with Gasteiger partial charge in [-0.25, -0.2) is 9.78 Å². The van der Waals surface area contributed by atoms with Crippen molar-refractivity contribution in [3.8, 4) is 11.5 Å². The number of benzene rings is 1. The molecule has 148 valence electrons. The SMILES string of the molecule is CCc1ccccc1-c1nc(CNCCCNC(=O)OC(C)(C)C)c(C)o1. The molecule has 1 heterocycles. The Balaban J connectivity index is 1.77. The van der Waals surface area contributed by atoms with Crippen molar-refractivity contribution >= 4 is 6.09 Å². The molecule has 0 fully saturated rings. The van der Waals surface area contributed by atoms with Gasteiger partial charge in [0.1, 0.15) is 11.4 Å². The predicted molar refractivity (Wildman–Crippen MR) is 107 cm³/mol. The van der Waals surface area contributed by atoms with E-state index in [-0.39, 0.29) is 6.09 Å². The molecule has 6 heteroatoms. The molecule has 0 saturated carbocycles. The summed E-state index contributed by atoms with van der Waals surface area (Å²) in [5, 5.41) is 6.10. The fraction of sp³-hybridized carbons (Fsp3) is 0.524. The standard InChI is InChI=1S/C21H31N3O3/c1-6-16-10-7-8-11-17(16)19-24-18(15(2)26-19)14-22-12-9-13-23-20(25)27-21(3,4)5/h7-8,10-11,22H,6,9,12-14H2,1-5H3,(H,23,25). The van der Waals surface area contributed by atoms with Crippen molar-refractivity contribution in [2.75, 3.05) is 13.1 Å². The molecule has 1 aromatic heterocycles. The summed E-state index contributed by atoms with van der Waals surface area (Å²) in [6.07, 6.45) is 1.37. The van der Waals surface area contributed by atoms with Crippen molar-refractivity contribution in [2.24, 2.45) is 0 Å². The molecule has 0 unspecified atom stereocenters. The number of hydrogen-bond donors (Lipinski definition) is 2. The first-order chi connectivity index (χ1) is 12.8. The number of hydrogen-bond acceptors (Lipinski definition) is 5. The molecule has 0 spiro atoms. The van der Waals surface area contributed by atoms with Crippen LogP contribution in [-0.2, 0) is 17.7 Å². The Bertz CT molecular complexity index is 747. The predicted octanol–water partition coefficient (Wildman–Crippen LogP) is 4.22. The van der Waals surface area contributed by atoms with E-state index in [0.717, 1.165) is 36.4 Å². The molecule has 0 saturated heterocycles. The molecule has 2 rings (SSSR count). The second-order valence-corrected chi connectivity index (χ2v) is 7.49. The Morgan fingerprint density at radius 3 is 2.67 bits per heavy atom. The highest BCUT2D eigenvalue weighted by molar-refractivity contribution is 5.67. The summed E-state index contributed by atoms with van der Waals surface area (Å²) in [5.41, 5.74) is 2.72. The van der Waals surface area contributed by atoms with E-state index in [1.54, 1.807) is 0 Å². The first-order valence-corrected chi connectivity index (χ1v) is 9.52. The van der Waals surface area contributed by atoms with Crippen LogP contribution in [0, 0.1) is 6.92 Å². The highest BCUT2D eigenvalue weighted by atomic mass is 16.6. The lowest BCUT2D eigenvalue weighted by molar-refractivity contribution is 0.0527. The van der Waals surface area contributed by atoms with Gasteiger partial charge in [0.2, 0.25) is 5.89 Å². The lowest BCUT2D eigenvalue weighted by Crippen LogP contribution is -2.33. The van der Waals surface area contributed by atoms with Gasteiger partial charge in [0, 0.05) is 18.7 Å². The average molecular weight is 373 g/mol. The average Bonchev–Trinajstić information content (AvgIpc) is 2.97. The third kappa shape index (κ3) is 6.71. The van der Waals surface area contributed by atoms with E-state index in [0.29, 0.717) is 19.0 Å². The number of aromatic nitrogens is 1. The molecule has 1 amide bonds. The van der Waals surface area contributed by atoms with E-state index >= 15 is 0 Å². The fourth-order valence-electron chi connectivity index (χ4n) is 2.67. The quantitative estimate of drug-likeness (QED) is 0.678. The van der Waals surface area contributed by atoms with Crippen LogP contribution in [0.1, 0.15) is 51.1 Å². The van der Waals surface area contributed by atoms with Crippen molar-refractivity contribution in [1.82, 2.24) is 15.6 Å². The van der Waals surface area contributed by atoms with Crippen LogP contribution in [0.2, 0.25) is 0 Å². The van der Waals surface area contributed by atoms with Gasteiger partial charge in [-0.2, -0.15) is 0 Å². The Labute approximate surface area is 161 Å². The zero-order valence-electron chi connectivity index (χ0n) is 17.0. The maximum atomic E-state index is 11.6. The number of carbonyl (C=O) groups excluding carboxylic acids is 1. The van der Waals surface area contributed by atoms with E-state index in [1.807, 2.05) is 45.9 Å². The summed E-state index contributed by atoms with van der Waals surface area (Å²) < 4.78 is 11.1. The number of nitrogens with one attached hydrogen (secondary N) is 2. The summed E-state index contributed by atoms with van der Waals surface area (Å²) in [6, 6.07) is 8.18. The van der Waals surface area contributed by atoms with Gasteiger partial charge in [0.05, 0.1) is 5.69 Å². The minimum atomic E-state index is -0.471. The summed E-state index contributed by atoms with van der Waals surface area (Å²) in [7, 11) is 0. The molecule has 0 aliphatic rings. The molecule has 0 aliphatic heterocycles. The third-order valence-electron chi connectivity index (χ3n) is 4.01. The van der Waals surface area contributed by atoms with E-state index in [2.05, 4.69) is 28.6 Å². The zero-order valence-corrected chi connectivity index (χ0v) is 17.0. The number of nitrogens with zero attached hydrogens (tertiary/aromatic N) is 1. The maximum Gasteiger partial charge on any atom is 0.407 e. The second-order valence-electron chi connectivity index (χ2n) is 7.49. The van der Waals surface area contributed by atoms with E-state index < -0.39 is 5.60 Å². The first kappa shape index (κ1) is 21.0. The lowest BCUT2D eigenvalue weighted by Gasteiger charge is -2.19. The highest BCUT2D eigenvalue weighted by Crippen LogP contribution is 2.25. The second kappa shape index (κ2) is 9.55. The van der Waals surface area contributed by atoms with Gasteiger partial charge in [-0.15, -0.1) is 0 Å². The van der Waals surface area contributed by atoms with Gasteiger partial charge < -0.3 is 19.8 Å². The zero-order chi connectivity index (χ0) is 19.9. The number of rotatable bonds is 8. The van der Waals surface area contributed by atoms with Crippen LogP contribution in [0.4, 0.5) is 4.79 Å². The van der Waals surface area contributed by atoms with E-state index in [9.17, 15) is 4.79 Å². The number of carbonyl (C=O) groups is 1. The molecule has 2 aromatic rings. The van der Waals surface area contributed by atoms with E-state index in [1.165, 1.54) is 5.56 Å². The molecule has 1 aromatic carbocycles. The Morgan fingerprint density at radius 2 is 1.96 bits per heavy atom. The number of aryl methyl sites for hydroxylation is 2. The summed E-state index contributed by atoms with van der Waals surface area (Å²) in [6.45, 7) is 11.6. The summed E-state index contributed by atoms with van der Waals surface area (Å²) in [5.74, 6) is 1.50. The minimum Gasteiger partial charge on any atom is -0.444 e. The molecular weight excluding hydrogens is 342 g/mol.